The van der Waals surface area contributed by atoms with Crippen LogP contribution < -0.4 is 10.1 Å². The Labute approximate surface area is 133 Å². The van der Waals surface area contributed by atoms with Gasteiger partial charge in [-0.2, -0.15) is 0 Å². The molecule has 5 heteroatoms. The average Bonchev–Trinajstić information content (AvgIpc) is 2.89. The summed E-state index contributed by atoms with van der Waals surface area (Å²) in [6.45, 7) is 1.96. The van der Waals surface area contributed by atoms with Gasteiger partial charge in [0, 0.05) is 11.1 Å². The van der Waals surface area contributed by atoms with Crippen LogP contribution in [0.4, 0.5) is 4.39 Å². The van der Waals surface area contributed by atoms with E-state index < -0.39 is 0 Å². The van der Waals surface area contributed by atoms with Crippen LogP contribution >= 0.6 is 0 Å². The van der Waals surface area contributed by atoms with Crippen LogP contribution in [0.2, 0.25) is 0 Å². The van der Waals surface area contributed by atoms with E-state index in [1.165, 1.54) is 12.1 Å². The van der Waals surface area contributed by atoms with Crippen molar-refractivity contribution < 1.29 is 13.9 Å². The molecule has 2 aromatic carbocycles. The third-order valence-corrected chi connectivity index (χ3v) is 3.47. The number of carbonyl (C=O) groups excluding carboxylic acids is 1. The van der Waals surface area contributed by atoms with Gasteiger partial charge in [0.2, 0.25) is 0 Å². The molecule has 0 spiro atoms. The molecule has 1 amide bonds. The predicted octanol–water partition coefficient (Wildman–Crippen LogP) is 3.06. The number of methoxy groups -OCH3 is 1. The highest BCUT2D eigenvalue weighted by atomic mass is 19.1. The summed E-state index contributed by atoms with van der Waals surface area (Å²) >= 11 is 0. The van der Waals surface area contributed by atoms with Gasteiger partial charge in [0.1, 0.15) is 23.1 Å². The van der Waals surface area contributed by atoms with Gasteiger partial charge in [0.05, 0.1) is 7.11 Å². The first kappa shape index (κ1) is 15.0. The Morgan fingerprint density at radius 1 is 1.22 bits per heavy atom. The van der Waals surface area contributed by atoms with Gasteiger partial charge < -0.3 is 10.1 Å². The zero-order valence-electron chi connectivity index (χ0n) is 12.8. The van der Waals surface area contributed by atoms with Crippen molar-refractivity contribution in [3.05, 3.63) is 70.7 Å². The number of aryl methyl sites for hydroxylation is 1. The fraction of sp³-hybridized carbons (Fsp3) is 0.111. The number of nitrogens with zero attached hydrogens (tertiary/aromatic N) is 1. The average molecular weight is 310 g/mol. The second-order valence-corrected chi connectivity index (χ2v) is 5.20. The van der Waals surface area contributed by atoms with Crippen molar-refractivity contribution in [1.82, 2.24) is 5.32 Å². The van der Waals surface area contributed by atoms with Crippen LogP contribution in [0.25, 0.3) is 6.08 Å². The Balaban J connectivity index is 2.00. The first-order valence-corrected chi connectivity index (χ1v) is 7.09. The van der Waals surface area contributed by atoms with Crippen LogP contribution in [0.5, 0.6) is 5.75 Å². The van der Waals surface area contributed by atoms with Gasteiger partial charge in [-0.15, -0.1) is 0 Å². The van der Waals surface area contributed by atoms with Crippen molar-refractivity contribution in [2.75, 3.05) is 7.11 Å². The molecule has 0 saturated carbocycles. The standard InChI is InChI=1S/C18H15FN2O2/c1-11-6-7-16(23-2)13(8-11)10-15-18(22)21-17(20-15)12-4-3-5-14(19)9-12/h3-10H,1-2H3,(H,20,21,22)/b15-10+. The molecule has 0 aromatic heterocycles. The van der Waals surface area contributed by atoms with E-state index in [0.29, 0.717) is 17.1 Å². The second-order valence-electron chi connectivity index (χ2n) is 5.20. The van der Waals surface area contributed by atoms with Gasteiger partial charge >= 0.3 is 0 Å². The maximum Gasteiger partial charge on any atom is 0.275 e. The summed E-state index contributed by atoms with van der Waals surface area (Å²) in [5, 5.41) is 2.66. The van der Waals surface area contributed by atoms with Crippen LogP contribution in [-0.4, -0.2) is 18.9 Å². The molecule has 0 unspecified atom stereocenters. The first-order chi connectivity index (χ1) is 11.1. The van der Waals surface area contributed by atoms with Crippen molar-refractivity contribution in [2.24, 2.45) is 4.99 Å². The molecular weight excluding hydrogens is 295 g/mol. The van der Waals surface area contributed by atoms with Crippen LogP contribution in [0, 0.1) is 12.7 Å². The van der Waals surface area contributed by atoms with Gasteiger partial charge in [-0.05, 0) is 37.3 Å². The maximum absolute atomic E-state index is 13.3. The van der Waals surface area contributed by atoms with Crippen molar-refractivity contribution in [2.45, 2.75) is 6.92 Å². The van der Waals surface area contributed by atoms with E-state index in [2.05, 4.69) is 10.3 Å². The number of rotatable bonds is 3. The molecule has 4 nitrogen and oxygen atoms in total. The van der Waals surface area contributed by atoms with Gasteiger partial charge in [-0.25, -0.2) is 9.38 Å². The van der Waals surface area contributed by atoms with Crippen molar-refractivity contribution in [1.29, 1.82) is 0 Å². The lowest BCUT2D eigenvalue weighted by Crippen LogP contribution is -2.24. The summed E-state index contributed by atoms with van der Waals surface area (Å²) in [6, 6.07) is 11.6. The second kappa shape index (κ2) is 6.04. The fourth-order valence-electron chi connectivity index (χ4n) is 2.35. The summed E-state index contributed by atoms with van der Waals surface area (Å²) in [5.74, 6) is 0.294. The highest BCUT2D eigenvalue weighted by molar-refractivity contribution is 6.19. The zero-order chi connectivity index (χ0) is 16.4. The largest absolute Gasteiger partial charge is 0.496 e. The topological polar surface area (TPSA) is 50.7 Å². The third kappa shape index (κ3) is 3.13. The van der Waals surface area contributed by atoms with Crippen molar-refractivity contribution >= 4 is 17.8 Å². The minimum Gasteiger partial charge on any atom is -0.496 e. The minimum atomic E-state index is -0.378. The first-order valence-electron chi connectivity index (χ1n) is 7.09. The highest BCUT2D eigenvalue weighted by Crippen LogP contribution is 2.24. The molecule has 3 rings (SSSR count). The lowest BCUT2D eigenvalue weighted by atomic mass is 10.1. The number of carbonyl (C=O) groups is 1. The Hall–Kier alpha value is -2.95. The molecule has 1 aliphatic rings. The van der Waals surface area contributed by atoms with E-state index in [9.17, 15) is 9.18 Å². The quantitative estimate of drug-likeness (QED) is 0.886. The molecule has 1 heterocycles. The van der Waals surface area contributed by atoms with E-state index in [1.54, 1.807) is 25.3 Å². The number of aliphatic imine (C=N–C) groups is 1. The molecule has 0 fully saturated rings. The van der Waals surface area contributed by atoms with Gasteiger partial charge in [-0.3, -0.25) is 4.79 Å². The number of ether oxygens (including phenoxy) is 1. The molecule has 0 radical (unpaired) electrons. The lowest BCUT2D eigenvalue weighted by Gasteiger charge is -2.05. The molecule has 0 atom stereocenters. The van der Waals surface area contributed by atoms with Crippen LogP contribution in [0.1, 0.15) is 16.7 Å². The maximum atomic E-state index is 13.3. The Morgan fingerprint density at radius 3 is 2.78 bits per heavy atom. The number of amidine groups is 1. The van der Waals surface area contributed by atoms with Crippen molar-refractivity contribution in [3.63, 3.8) is 0 Å². The predicted molar refractivity (Wildman–Crippen MR) is 86.8 cm³/mol. The van der Waals surface area contributed by atoms with E-state index in [-0.39, 0.29) is 17.4 Å². The van der Waals surface area contributed by atoms with E-state index in [0.717, 1.165) is 11.1 Å². The smallest absolute Gasteiger partial charge is 0.275 e. The number of halogens is 1. The molecule has 0 bridgehead atoms. The SMILES string of the molecule is COc1ccc(C)cc1/C=C1/N=C(c2cccc(F)c2)NC1=O. The van der Waals surface area contributed by atoms with Gasteiger partial charge in [0.15, 0.2) is 0 Å². The summed E-state index contributed by atoms with van der Waals surface area (Å²) in [6.07, 6.45) is 1.66. The Morgan fingerprint density at radius 2 is 2.04 bits per heavy atom. The summed E-state index contributed by atoms with van der Waals surface area (Å²) in [5.41, 5.74) is 2.60. The summed E-state index contributed by atoms with van der Waals surface area (Å²) in [4.78, 5) is 16.4. The molecule has 23 heavy (non-hydrogen) atoms. The Bertz CT molecular complexity index is 841. The number of hydrogen-bond acceptors (Lipinski definition) is 3. The minimum absolute atomic E-state index is 0.258. The summed E-state index contributed by atoms with van der Waals surface area (Å²) < 4.78 is 18.6. The normalized spacial score (nSPS) is 15.5. The number of nitrogens with one attached hydrogen (secondary N) is 1. The lowest BCUT2D eigenvalue weighted by molar-refractivity contribution is -0.115. The Kier molecular flexibility index (Phi) is 3.93. The zero-order valence-corrected chi connectivity index (χ0v) is 12.8. The molecule has 116 valence electrons. The molecule has 1 aliphatic heterocycles. The van der Waals surface area contributed by atoms with Crippen LogP contribution in [0.3, 0.4) is 0 Å². The van der Waals surface area contributed by atoms with Gasteiger partial charge in [0.25, 0.3) is 5.91 Å². The van der Waals surface area contributed by atoms with Crippen LogP contribution in [-0.2, 0) is 4.79 Å². The molecule has 0 aliphatic carbocycles. The third-order valence-electron chi connectivity index (χ3n) is 3.47. The van der Waals surface area contributed by atoms with Crippen LogP contribution in [0.15, 0.2) is 53.2 Å². The molecule has 1 N–H and O–H groups in total. The van der Waals surface area contributed by atoms with E-state index >= 15 is 0 Å². The van der Waals surface area contributed by atoms with Crippen molar-refractivity contribution in [3.8, 4) is 5.75 Å². The van der Waals surface area contributed by atoms with E-state index in [1.807, 2.05) is 25.1 Å². The number of amides is 1. The molecular formula is C18H15FN2O2. The van der Waals surface area contributed by atoms with Gasteiger partial charge in [-0.1, -0.05) is 23.8 Å². The molecule has 2 aromatic rings. The number of benzene rings is 2. The number of hydrogen-bond donors (Lipinski definition) is 1. The highest BCUT2D eigenvalue weighted by Gasteiger charge is 2.21. The fourth-order valence-corrected chi connectivity index (χ4v) is 2.35. The monoisotopic (exact) mass is 310 g/mol. The molecule has 0 saturated heterocycles. The van der Waals surface area contributed by atoms with E-state index in [4.69, 9.17) is 4.74 Å². The summed E-state index contributed by atoms with van der Waals surface area (Å²) in [7, 11) is 1.57.